The molecule has 6 nitrogen and oxygen atoms in total. The van der Waals surface area contributed by atoms with E-state index in [9.17, 15) is 14.4 Å². The maximum absolute atomic E-state index is 12.0. The van der Waals surface area contributed by atoms with E-state index < -0.39 is 11.9 Å². The number of nitrogens with one attached hydrogen (secondary N) is 1. The molecule has 1 atom stereocenters. The molecule has 0 radical (unpaired) electrons. The molecule has 1 heterocycles. The van der Waals surface area contributed by atoms with E-state index in [1.54, 1.807) is 0 Å². The second-order valence-electron chi connectivity index (χ2n) is 5.88. The largest absolute Gasteiger partial charge is 0.481 e. The number of hydrogen-bond acceptors (Lipinski definition) is 4. The number of carbonyl (C=O) groups excluding carboxylic acids is 2. The van der Waals surface area contributed by atoms with Gasteiger partial charge in [-0.25, -0.2) is 0 Å². The number of nitrogens with two attached hydrogens (primary N) is 1. The van der Waals surface area contributed by atoms with Crippen LogP contribution in [0.4, 0.5) is 5.00 Å². The highest BCUT2D eigenvalue weighted by Crippen LogP contribution is 2.40. The molecule has 0 spiro atoms. The van der Waals surface area contributed by atoms with E-state index in [2.05, 4.69) is 12.2 Å². The predicted octanol–water partition coefficient (Wildman–Crippen LogP) is 2.56. The van der Waals surface area contributed by atoms with Gasteiger partial charge < -0.3 is 16.2 Å². The molecule has 0 aliphatic heterocycles. The molecule has 1 aliphatic rings. The number of hydrogen-bond donors (Lipinski definition) is 3. The summed E-state index contributed by atoms with van der Waals surface area (Å²) in [5, 5.41) is 11.9. The Morgan fingerprint density at radius 1 is 1.35 bits per heavy atom. The molecular weight excluding hydrogens is 316 g/mol. The molecule has 2 amide bonds. The van der Waals surface area contributed by atoms with Gasteiger partial charge >= 0.3 is 5.97 Å². The van der Waals surface area contributed by atoms with Crippen molar-refractivity contribution in [2.45, 2.75) is 51.9 Å². The quantitative estimate of drug-likeness (QED) is 0.709. The van der Waals surface area contributed by atoms with Gasteiger partial charge in [-0.3, -0.25) is 14.4 Å². The fourth-order valence-corrected chi connectivity index (χ4v) is 4.32. The zero-order valence-corrected chi connectivity index (χ0v) is 14.0. The molecule has 4 N–H and O–H groups in total. The average molecular weight is 338 g/mol. The minimum Gasteiger partial charge on any atom is -0.481 e. The molecule has 1 aliphatic carbocycles. The van der Waals surface area contributed by atoms with Gasteiger partial charge in [-0.15, -0.1) is 11.3 Å². The number of carboxylic acids is 1. The Labute approximate surface area is 139 Å². The Hall–Kier alpha value is -1.89. The van der Waals surface area contributed by atoms with Crippen molar-refractivity contribution in [1.82, 2.24) is 0 Å². The van der Waals surface area contributed by atoms with E-state index in [0.29, 0.717) is 16.5 Å². The molecule has 7 heteroatoms. The molecular formula is C16H22N2O4S. The van der Waals surface area contributed by atoms with Crippen molar-refractivity contribution >= 4 is 34.1 Å². The smallest absolute Gasteiger partial charge is 0.303 e. The van der Waals surface area contributed by atoms with E-state index in [0.717, 1.165) is 36.1 Å². The maximum Gasteiger partial charge on any atom is 0.303 e. The lowest BCUT2D eigenvalue weighted by atomic mass is 9.85. The van der Waals surface area contributed by atoms with Gasteiger partial charge in [0.15, 0.2) is 0 Å². The molecule has 0 fully saturated rings. The number of aliphatic carboxylic acids is 1. The van der Waals surface area contributed by atoms with Crippen LogP contribution in [0.5, 0.6) is 0 Å². The Morgan fingerprint density at radius 2 is 2.09 bits per heavy atom. The van der Waals surface area contributed by atoms with Crippen LogP contribution in [-0.4, -0.2) is 22.9 Å². The molecule has 126 valence electrons. The second-order valence-corrected chi connectivity index (χ2v) is 6.99. The summed E-state index contributed by atoms with van der Waals surface area (Å²) in [5.41, 5.74) is 6.92. The fraction of sp³-hybridized carbons (Fsp3) is 0.562. The molecule has 0 bridgehead atoms. The Bertz CT molecular complexity index is 624. The summed E-state index contributed by atoms with van der Waals surface area (Å²) >= 11 is 1.43. The van der Waals surface area contributed by atoms with Gasteiger partial charge in [0.2, 0.25) is 5.91 Å². The zero-order valence-electron chi connectivity index (χ0n) is 13.2. The van der Waals surface area contributed by atoms with Crippen LogP contribution < -0.4 is 11.1 Å². The van der Waals surface area contributed by atoms with E-state index in [1.165, 1.54) is 11.3 Å². The number of anilines is 1. The highest BCUT2D eigenvalue weighted by Gasteiger charge is 2.27. The zero-order chi connectivity index (χ0) is 17.0. The first-order valence-corrected chi connectivity index (χ1v) is 8.70. The SMILES string of the molecule is CC[C@H]1CCc2c(sc(NC(=O)CCCC(=O)O)c2C(N)=O)C1. The first kappa shape index (κ1) is 17.5. The first-order chi connectivity index (χ1) is 10.9. The maximum atomic E-state index is 12.0. The minimum atomic E-state index is -0.923. The van der Waals surface area contributed by atoms with E-state index in [-0.39, 0.29) is 25.2 Å². The van der Waals surface area contributed by atoms with Gasteiger partial charge in [0.25, 0.3) is 5.91 Å². The number of rotatable bonds is 7. The van der Waals surface area contributed by atoms with Crippen LogP contribution in [0.2, 0.25) is 0 Å². The topological polar surface area (TPSA) is 109 Å². The molecule has 1 aromatic rings. The molecule has 0 aromatic carbocycles. The van der Waals surface area contributed by atoms with Crippen LogP contribution in [0.25, 0.3) is 0 Å². The Balaban J connectivity index is 2.12. The number of amides is 2. The molecule has 0 unspecified atom stereocenters. The van der Waals surface area contributed by atoms with Crippen LogP contribution in [0.15, 0.2) is 0 Å². The van der Waals surface area contributed by atoms with Crippen LogP contribution in [-0.2, 0) is 22.4 Å². The Morgan fingerprint density at radius 3 is 2.70 bits per heavy atom. The summed E-state index contributed by atoms with van der Waals surface area (Å²) < 4.78 is 0. The number of carboxylic acid groups (broad SMARTS) is 1. The van der Waals surface area contributed by atoms with Gasteiger partial charge in [-0.1, -0.05) is 13.3 Å². The lowest BCUT2D eigenvalue weighted by Crippen LogP contribution is -2.19. The summed E-state index contributed by atoms with van der Waals surface area (Å²) in [4.78, 5) is 35.4. The van der Waals surface area contributed by atoms with Crippen LogP contribution in [0.1, 0.15) is 59.8 Å². The van der Waals surface area contributed by atoms with E-state index in [1.807, 2.05) is 0 Å². The van der Waals surface area contributed by atoms with Gasteiger partial charge in [-0.05, 0) is 37.2 Å². The fourth-order valence-electron chi connectivity index (χ4n) is 2.94. The number of fused-ring (bicyclic) bond motifs is 1. The average Bonchev–Trinajstić information content (AvgIpc) is 2.83. The van der Waals surface area contributed by atoms with Crippen LogP contribution in [0.3, 0.4) is 0 Å². The monoisotopic (exact) mass is 338 g/mol. The standard InChI is InChI=1S/C16H22N2O4S/c1-2-9-6-7-10-11(8-9)23-16(14(10)15(17)22)18-12(19)4-3-5-13(20)21/h9H,2-8H2,1H3,(H2,17,22)(H,18,19)(H,20,21)/t9-/m0/s1. The molecule has 0 saturated heterocycles. The van der Waals surface area contributed by atoms with Gasteiger partial charge in [0.1, 0.15) is 5.00 Å². The van der Waals surface area contributed by atoms with Crippen molar-refractivity contribution in [3.8, 4) is 0 Å². The summed E-state index contributed by atoms with van der Waals surface area (Å²) in [7, 11) is 0. The summed E-state index contributed by atoms with van der Waals surface area (Å²) in [6.45, 7) is 2.16. The molecule has 0 saturated carbocycles. The third kappa shape index (κ3) is 4.31. The summed E-state index contributed by atoms with van der Waals surface area (Å²) in [5.74, 6) is -1.11. The van der Waals surface area contributed by atoms with E-state index >= 15 is 0 Å². The van der Waals surface area contributed by atoms with Gasteiger partial charge in [0.05, 0.1) is 5.56 Å². The number of carbonyl (C=O) groups is 3. The molecule has 1 aromatic heterocycles. The van der Waals surface area contributed by atoms with Crippen molar-refractivity contribution in [1.29, 1.82) is 0 Å². The number of thiophene rings is 1. The van der Waals surface area contributed by atoms with Crippen LogP contribution in [0, 0.1) is 5.92 Å². The lowest BCUT2D eigenvalue weighted by molar-refractivity contribution is -0.137. The summed E-state index contributed by atoms with van der Waals surface area (Å²) in [6, 6.07) is 0. The second kappa shape index (κ2) is 7.59. The molecule has 2 rings (SSSR count). The van der Waals surface area contributed by atoms with Crippen molar-refractivity contribution in [3.63, 3.8) is 0 Å². The minimum absolute atomic E-state index is 0.0464. The lowest BCUT2D eigenvalue weighted by Gasteiger charge is -2.20. The summed E-state index contributed by atoms with van der Waals surface area (Å²) in [6.07, 6.45) is 4.21. The van der Waals surface area contributed by atoms with Crippen molar-refractivity contribution in [3.05, 3.63) is 16.0 Å². The van der Waals surface area contributed by atoms with Gasteiger partial charge in [0, 0.05) is 17.7 Å². The first-order valence-electron chi connectivity index (χ1n) is 7.88. The van der Waals surface area contributed by atoms with Crippen molar-refractivity contribution in [2.24, 2.45) is 11.7 Å². The van der Waals surface area contributed by atoms with Crippen LogP contribution >= 0.6 is 11.3 Å². The van der Waals surface area contributed by atoms with Gasteiger partial charge in [-0.2, -0.15) is 0 Å². The highest BCUT2D eigenvalue weighted by atomic mass is 32.1. The highest BCUT2D eigenvalue weighted by molar-refractivity contribution is 7.17. The van der Waals surface area contributed by atoms with Crippen molar-refractivity contribution < 1.29 is 19.5 Å². The third-order valence-electron chi connectivity index (χ3n) is 4.24. The Kier molecular flexibility index (Phi) is 5.76. The third-order valence-corrected chi connectivity index (χ3v) is 5.41. The predicted molar refractivity (Wildman–Crippen MR) is 88.8 cm³/mol. The van der Waals surface area contributed by atoms with E-state index in [4.69, 9.17) is 10.8 Å². The number of primary amides is 1. The normalized spacial score (nSPS) is 16.7. The van der Waals surface area contributed by atoms with Crippen molar-refractivity contribution in [2.75, 3.05) is 5.32 Å². The molecule has 23 heavy (non-hydrogen) atoms.